The van der Waals surface area contributed by atoms with Crippen molar-refractivity contribution in [1.29, 1.82) is 0 Å². The van der Waals surface area contributed by atoms with E-state index in [-0.39, 0.29) is 18.0 Å². The van der Waals surface area contributed by atoms with Crippen LogP contribution >= 0.6 is 11.6 Å². The molecule has 0 bridgehead atoms. The standard InChI is InChI=1S/C15H15ClN2O3/c1-2-10-8-12(6-7-13(10)16)21-9-11-4-3-5-14(15(11)17)18(19)20/h3-8H,2,9,17H2,1H3. The Labute approximate surface area is 127 Å². The summed E-state index contributed by atoms with van der Waals surface area (Å²) in [5.74, 6) is 0.655. The molecule has 5 nitrogen and oxygen atoms in total. The molecule has 0 spiro atoms. The minimum absolute atomic E-state index is 0.110. The van der Waals surface area contributed by atoms with Crippen molar-refractivity contribution in [2.45, 2.75) is 20.0 Å². The number of benzene rings is 2. The van der Waals surface area contributed by atoms with E-state index in [1.807, 2.05) is 13.0 Å². The zero-order valence-corrected chi connectivity index (χ0v) is 12.3. The van der Waals surface area contributed by atoms with Gasteiger partial charge in [0, 0.05) is 16.7 Å². The molecule has 0 aliphatic heterocycles. The molecule has 110 valence electrons. The van der Waals surface area contributed by atoms with Crippen molar-refractivity contribution < 1.29 is 9.66 Å². The van der Waals surface area contributed by atoms with Gasteiger partial charge < -0.3 is 10.5 Å². The van der Waals surface area contributed by atoms with Gasteiger partial charge in [-0.3, -0.25) is 10.1 Å². The number of hydrogen-bond acceptors (Lipinski definition) is 4. The summed E-state index contributed by atoms with van der Waals surface area (Å²) in [4.78, 5) is 10.3. The van der Waals surface area contributed by atoms with Gasteiger partial charge in [-0.25, -0.2) is 0 Å². The number of aryl methyl sites for hydroxylation is 1. The molecular weight excluding hydrogens is 292 g/mol. The summed E-state index contributed by atoms with van der Waals surface area (Å²) in [5, 5.41) is 11.5. The number of hydrogen-bond donors (Lipinski definition) is 1. The van der Waals surface area contributed by atoms with Crippen LogP contribution in [0.4, 0.5) is 11.4 Å². The van der Waals surface area contributed by atoms with Gasteiger partial charge >= 0.3 is 0 Å². The van der Waals surface area contributed by atoms with Crippen LogP contribution in [0.5, 0.6) is 5.75 Å². The number of nitro benzene ring substituents is 1. The summed E-state index contributed by atoms with van der Waals surface area (Å²) >= 11 is 6.04. The van der Waals surface area contributed by atoms with Gasteiger partial charge in [-0.15, -0.1) is 0 Å². The SMILES string of the molecule is CCc1cc(OCc2cccc([N+](=O)[O-])c2N)ccc1Cl. The Morgan fingerprint density at radius 1 is 1.29 bits per heavy atom. The van der Waals surface area contributed by atoms with Crippen molar-refractivity contribution in [2.24, 2.45) is 0 Å². The largest absolute Gasteiger partial charge is 0.489 e. The molecule has 0 heterocycles. The van der Waals surface area contributed by atoms with Gasteiger partial charge in [-0.2, -0.15) is 0 Å². The zero-order valence-electron chi connectivity index (χ0n) is 11.5. The second kappa shape index (κ2) is 6.45. The molecule has 0 atom stereocenters. The van der Waals surface area contributed by atoms with Gasteiger partial charge in [-0.05, 0) is 30.2 Å². The van der Waals surface area contributed by atoms with Crippen LogP contribution in [0.1, 0.15) is 18.1 Å². The predicted octanol–water partition coefficient (Wildman–Crippen LogP) is 3.97. The van der Waals surface area contributed by atoms with Crippen LogP contribution in [-0.2, 0) is 13.0 Å². The van der Waals surface area contributed by atoms with E-state index in [2.05, 4.69) is 0 Å². The lowest BCUT2D eigenvalue weighted by Crippen LogP contribution is -2.03. The van der Waals surface area contributed by atoms with Crippen molar-refractivity contribution in [3.63, 3.8) is 0 Å². The number of halogens is 1. The number of nitrogens with zero attached hydrogens (tertiary/aromatic N) is 1. The molecule has 0 saturated carbocycles. The first-order chi connectivity index (χ1) is 10.0. The van der Waals surface area contributed by atoms with E-state index in [0.717, 1.165) is 12.0 Å². The maximum Gasteiger partial charge on any atom is 0.292 e. The molecule has 2 rings (SSSR count). The molecule has 0 saturated heterocycles. The molecule has 2 aromatic carbocycles. The summed E-state index contributed by atoms with van der Waals surface area (Å²) in [7, 11) is 0. The number of nitro groups is 1. The Hall–Kier alpha value is -2.27. The summed E-state index contributed by atoms with van der Waals surface area (Å²) in [6.45, 7) is 2.17. The fourth-order valence-corrected chi connectivity index (χ4v) is 2.21. The minimum Gasteiger partial charge on any atom is -0.489 e. The molecule has 0 aliphatic rings. The van der Waals surface area contributed by atoms with Crippen LogP contribution in [0.15, 0.2) is 36.4 Å². The first-order valence-corrected chi connectivity index (χ1v) is 6.83. The van der Waals surface area contributed by atoms with Crippen LogP contribution in [-0.4, -0.2) is 4.92 Å². The molecule has 21 heavy (non-hydrogen) atoms. The second-order valence-electron chi connectivity index (χ2n) is 4.50. The van der Waals surface area contributed by atoms with Crippen LogP contribution in [0.25, 0.3) is 0 Å². The summed E-state index contributed by atoms with van der Waals surface area (Å²) < 4.78 is 5.64. The van der Waals surface area contributed by atoms with Gasteiger partial charge in [-0.1, -0.05) is 30.7 Å². The highest BCUT2D eigenvalue weighted by atomic mass is 35.5. The summed E-state index contributed by atoms with van der Waals surface area (Å²) in [6.07, 6.45) is 0.801. The topological polar surface area (TPSA) is 78.4 Å². The van der Waals surface area contributed by atoms with E-state index in [1.165, 1.54) is 6.07 Å². The Morgan fingerprint density at radius 3 is 2.71 bits per heavy atom. The van der Waals surface area contributed by atoms with E-state index in [4.69, 9.17) is 22.1 Å². The van der Waals surface area contributed by atoms with Crippen molar-refractivity contribution in [1.82, 2.24) is 0 Å². The lowest BCUT2D eigenvalue weighted by Gasteiger charge is -2.10. The van der Waals surface area contributed by atoms with E-state index in [1.54, 1.807) is 24.3 Å². The number of anilines is 1. The molecule has 0 unspecified atom stereocenters. The third-order valence-corrected chi connectivity index (χ3v) is 3.53. The first-order valence-electron chi connectivity index (χ1n) is 6.46. The molecule has 0 aliphatic carbocycles. The fourth-order valence-electron chi connectivity index (χ4n) is 1.96. The molecule has 2 N–H and O–H groups in total. The molecule has 0 fully saturated rings. The van der Waals surface area contributed by atoms with E-state index in [0.29, 0.717) is 16.3 Å². The zero-order chi connectivity index (χ0) is 15.4. The number of nitrogen functional groups attached to an aromatic ring is 1. The van der Waals surface area contributed by atoms with Crippen molar-refractivity contribution >= 4 is 23.0 Å². The Bertz CT molecular complexity index is 674. The van der Waals surface area contributed by atoms with Crippen LogP contribution < -0.4 is 10.5 Å². The number of para-hydroxylation sites is 1. The number of nitrogens with two attached hydrogens (primary N) is 1. The smallest absolute Gasteiger partial charge is 0.292 e. The molecule has 0 aromatic heterocycles. The van der Waals surface area contributed by atoms with Gasteiger partial charge in [0.25, 0.3) is 5.69 Å². The van der Waals surface area contributed by atoms with E-state index < -0.39 is 4.92 Å². The Kier molecular flexibility index (Phi) is 4.65. The van der Waals surface area contributed by atoms with Crippen molar-refractivity contribution in [3.8, 4) is 5.75 Å². The maximum atomic E-state index is 10.8. The minimum atomic E-state index is -0.504. The molecular formula is C15H15ClN2O3. The molecule has 0 radical (unpaired) electrons. The summed E-state index contributed by atoms with van der Waals surface area (Å²) in [5.41, 5.74) is 7.38. The van der Waals surface area contributed by atoms with Crippen molar-refractivity contribution in [2.75, 3.05) is 5.73 Å². The number of rotatable bonds is 5. The molecule has 2 aromatic rings. The Balaban J connectivity index is 2.17. The van der Waals surface area contributed by atoms with Crippen LogP contribution in [0.2, 0.25) is 5.02 Å². The normalized spacial score (nSPS) is 10.4. The summed E-state index contributed by atoms with van der Waals surface area (Å²) in [6, 6.07) is 10.1. The average molecular weight is 307 g/mol. The Morgan fingerprint density at radius 2 is 2.05 bits per heavy atom. The third-order valence-electron chi connectivity index (χ3n) is 3.16. The van der Waals surface area contributed by atoms with E-state index >= 15 is 0 Å². The van der Waals surface area contributed by atoms with Gasteiger partial charge in [0.15, 0.2) is 0 Å². The molecule has 6 heteroatoms. The monoisotopic (exact) mass is 306 g/mol. The van der Waals surface area contributed by atoms with Gasteiger partial charge in [0.1, 0.15) is 18.0 Å². The highest BCUT2D eigenvalue weighted by Crippen LogP contribution is 2.27. The van der Waals surface area contributed by atoms with Gasteiger partial charge in [0.05, 0.1) is 4.92 Å². The van der Waals surface area contributed by atoms with E-state index in [9.17, 15) is 10.1 Å². The fraction of sp³-hybridized carbons (Fsp3) is 0.200. The second-order valence-corrected chi connectivity index (χ2v) is 4.91. The van der Waals surface area contributed by atoms with Crippen LogP contribution in [0, 0.1) is 10.1 Å². The highest BCUT2D eigenvalue weighted by molar-refractivity contribution is 6.31. The lowest BCUT2D eigenvalue weighted by atomic mass is 10.1. The lowest BCUT2D eigenvalue weighted by molar-refractivity contribution is -0.384. The predicted molar refractivity (Wildman–Crippen MR) is 82.7 cm³/mol. The average Bonchev–Trinajstić information content (AvgIpc) is 2.47. The van der Waals surface area contributed by atoms with Crippen LogP contribution in [0.3, 0.4) is 0 Å². The molecule has 0 amide bonds. The third kappa shape index (κ3) is 3.44. The first kappa shape index (κ1) is 15.1. The maximum absolute atomic E-state index is 10.8. The highest BCUT2D eigenvalue weighted by Gasteiger charge is 2.14. The van der Waals surface area contributed by atoms with Gasteiger partial charge in [0.2, 0.25) is 0 Å². The quantitative estimate of drug-likeness (QED) is 0.515. The van der Waals surface area contributed by atoms with Crippen molar-refractivity contribution in [3.05, 3.63) is 62.7 Å². The number of ether oxygens (including phenoxy) is 1.